The number of sulfone groups is 1. The van der Waals surface area contributed by atoms with E-state index in [-0.39, 0.29) is 24.0 Å². The summed E-state index contributed by atoms with van der Waals surface area (Å²) >= 11 is 0. The Kier molecular flexibility index (Phi) is 11.2. The Hall–Kier alpha value is -0.870. The fourth-order valence-electron chi connectivity index (χ4n) is 2.17. The first kappa shape index (κ1) is 23.1. The molecule has 0 heterocycles. The lowest BCUT2D eigenvalue weighted by atomic mass is 10.1. The van der Waals surface area contributed by atoms with Gasteiger partial charge in [-0.25, -0.2) is 8.42 Å². The number of nitrogens with zero attached hydrogens (tertiary/aromatic N) is 1. The predicted octanol–water partition coefficient (Wildman–Crippen LogP) is 2.11. The Balaban J connectivity index is 0.00000529. The first-order valence-corrected chi connectivity index (χ1v) is 9.59. The summed E-state index contributed by atoms with van der Waals surface area (Å²) in [5, 5.41) is 6.42. The molecule has 0 aromatic heterocycles. The zero-order valence-corrected chi connectivity index (χ0v) is 17.9. The van der Waals surface area contributed by atoms with Gasteiger partial charge >= 0.3 is 0 Å². The van der Waals surface area contributed by atoms with Gasteiger partial charge in [0, 0.05) is 39.6 Å². The van der Waals surface area contributed by atoms with Crippen LogP contribution >= 0.6 is 24.0 Å². The number of aliphatic imine (C=N–C) groups is 1. The molecule has 0 unspecified atom stereocenters. The topological polar surface area (TPSA) is 79.8 Å². The number of hydrogen-bond acceptors (Lipinski definition) is 4. The number of benzene rings is 1. The van der Waals surface area contributed by atoms with Crippen LogP contribution in [0.2, 0.25) is 0 Å². The highest BCUT2D eigenvalue weighted by Crippen LogP contribution is 2.16. The average Bonchev–Trinajstić information content (AvgIpc) is 2.49. The van der Waals surface area contributed by atoms with E-state index in [1.807, 2.05) is 19.1 Å². The predicted molar refractivity (Wildman–Crippen MR) is 109 cm³/mol. The molecule has 0 radical (unpaired) electrons. The normalized spacial score (nSPS) is 11.8. The van der Waals surface area contributed by atoms with Gasteiger partial charge in [-0.15, -0.1) is 24.0 Å². The maximum Gasteiger partial charge on any atom is 0.191 e. The van der Waals surface area contributed by atoms with E-state index in [4.69, 9.17) is 4.74 Å². The minimum absolute atomic E-state index is 0. The maximum atomic E-state index is 11.6. The second kappa shape index (κ2) is 11.6. The molecule has 0 aliphatic rings. The van der Waals surface area contributed by atoms with E-state index in [2.05, 4.69) is 15.6 Å². The van der Waals surface area contributed by atoms with E-state index >= 15 is 0 Å². The van der Waals surface area contributed by atoms with Crippen molar-refractivity contribution in [2.75, 3.05) is 33.1 Å². The van der Waals surface area contributed by atoms with Gasteiger partial charge in [0.05, 0.1) is 4.90 Å². The van der Waals surface area contributed by atoms with Crippen molar-refractivity contribution in [3.63, 3.8) is 0 Å². The number of guanidine groups is 1. The molecule has 1 rings (SSSR count). The Morgan fingerprint density at radius 2 is 2.00 bits per heavy atom. The van der Waals surface area contributed by atoms with Crippen LogP contribution in [0, 0.1) is 6.92 Å². The van der Waals surface area contributed by atoms with E-state index in [9.17, 15) is 8.42 Å². The zero-order valence-electron chi connectivity index (χ0n) is 14.8. The van der Waals surface area contributed by atoms with Gasteiger partial charge in [0.15, 0.2) is 15.8 Å². The molecule has 0 bridgehead atoms. The molecule has 138 valence electrons. The molecule has 0 aliphatic carbocycles. The van der Waals surface area contributed by atoms with Crippen LogP contribution < -0.4 is 10.6 Å². The average molecular weight is 469 g/mol. The first-order valence-electron chi connectivity index (χ1n) is 7.70. The van der Waals surface area contributed by atoms with Crippen LogP contribution in [0.3, 0.4) is 0 Å². The second-order valence-electron chi connectivity index (χ2n) is 5.28. The molecular formula is C16H28IN3O3S. The lowest BCUT2D eigenvalue weighted by molar-refractivity contribution is 0.145. The highest BCUT2D eigenvalue weighted by atomic mass is 127. The van der Waals surface area contributed by atoms with Gasteiger partial charge in [-0.2, -0.15) is 0 Å². The van der Waals surface area contributed by atoms with Crippen LogP contribution in [-0.4, -0.2) is 47.4 Å². The molecule has 8 heteroatoms. The summed E-state index contributed by atoms with van der Waals surface area (Å²) in [5.74, 6) is 0.714. The summed E-state index contributed by atoms with van der Waals surface area (Å²) in [4.78, 5) is 4.53. The molecule has 0 amide bonds. The Bertz CT molecular complexity index is 633. The highest BCUT2D eigenvalue weighted by molar-refractivity contribution is 14.0. The number of ether oxygens (including phenoxy) is 1. The summed E-state index contributed by atoms with van der Waals surface area (Å²) < 4.78 is 28.5. The molecule has 0 atom stereocenters. The Labute approximate surface area is 162 Å². The highest BCUT2D eigenvalue weighted by Gasteiger charge is 2.10. The van der Waals surface area contributed by atoms with Crippen molar-refractivity contribution in [2.45, 2.75) is 31.7 Å². The monoisotopic (exact) mass is 469 g/mol. The zero-order chi connectivity index (χ0) is 17.3. The minimum Gasteiger partial charge on any atom is -0.382 e. The summed E-state index contributed by atoms with van der Waals surface area (Å²) in [6.07, 6.45) is 2.14. The van der Waals surface area contributed by atoms with Crippen LogP contribution in [0.4, 0.5) is 0 Å². The summed E-state index contributed by atoms with van der Waals surface area (Å²) in [6.45, 7) is 6.61. The number of nitrogens with one attached hydrogen (secondary N) is 2. The van der Waals surface area contributed by atoms with Crippen LogP contribution in [0.25, 0.3) is 0 Å². The van der Waals surface area contributed by atoms with Crippen molar-refractivity contribution in [1.29, 1.82) is 0 Å². The van der Waals surface area contributed by atoms with Gasteiger partial charge in [-0.05, 0) is 37.5 Å². The Morgan fingerprint density at radius 3 is 2.54 bits per heavy atom. The fraction of sp³-hybridized carbons (Fsp3) is 0.562. The number of hydrogen-bond donors (Lipinski definition) is 2. The summed E-state index contributed by atoms with van der Waals surface area (Å²) in [6, 6.07) is 5.35. The van der Waals surface area contributed by atoms with E-state index in [1.165, 1.54) is 6.26 Å². The van der Waals surface area contributed by atoms with E-state index < -0.39 is 9.84 Å². The van der Waals surface area contributed by atoms with Gasteiger partial charge in [0.2, 0.25) is 0 Å². The third-order valence-electron chi connectivity index (χ3n) is 3.28. The fourth-order valence-corrected chi connectivity index (χ4v) is 3.13. The smallest absolute Gasteiger partial charge is 0.191 e. The molecular weight excluding hydrogens is 441 g/mol. The van der Waals surface area contributed by atoms with Gasteiger partial charge in [-0.3, -0.25) is 4.99 Å². The minimum atomic E-state index is -3.17. The molecule has 6 nitrogen and oxygen atoms in total. The molecule has 0 saturated carbocycles. The largest absolute Gasteiger partial charge is 0.382 e. The van der Waals surface area contributed by atoms with E-state index in [1.54, 1.807) is 20.0 Å². The number of halogens is 1. The van der Waals surface area contributed by atoms with Crippen LogP contribution in [0.1, 0.15) is 24.5 Å². The van der Waals surface area contributed by atoms with E-state index in [0.717, 1.165) is 37.3 Å². The number of aryl methyl sites for hydroxylation is 1. The Morgan fingerprint density at radius 1 is 1.29 bits per heavy atom. The van der Waals surface area contributed by atoms with Crippen molar-refractivity contribution >= 4 is 39.8 Å². The SMILES string of the molecule is CCOCCCNC(=NC)NCc1ccc(S(C)(=O)=O)c(C)c1.I. The van der Waals surface area contributed by atoms with Crippen molar-refractivity contribution < 1.29 is 13.2 Å². The number of rotatable bonds is 8. The van der Waals surface area contributed by atoms with Crippen molar-refractivity contribution in [1.82, 2.24) is 10.6 Å². The van der Waals surface area contributed by atoms with E-state index in [0.29, 0.717) is 17.4 Å². The van der Waals surface area contributed by atoms with Crippen LogP contribution in [-0.2, 0) is 21.1 Å². The van der Waals surface area contributed by atoms with Gasteiger partial charge in [-0.1, -0.05) is 12.1 Å². The molecule has 24 heavy (non-hydrogen) atoms. The summed E-state index contributed by atoms with van der Waals surface area (Å²) in [5.41, 5.74) is 1.76. The van der Waals surface area contributed by atoms with Crippen LogP contribution in [0.15, 0.2) is 28.1 Å². The maximum absolute atomic E-state index is 11.6. The second-order valence-corrected chi connectivity index (χ2v) is 7.26. The summed E-state index contributed by atoms with van der Waals surface area (Å²) in [7, 11) is -1.46. The third-order valence-corrected chi connectivity index (χ3v) is 4.54. The molecule has 1 aromatic carbocycles. The van der Waals surface area contributed by atoms with Crippen molar-refractivity contribution in [2.24, 2.45) is 4.99 Å². The van der Waals surface area contributed by atoms with Crippen molar-refractivity contribution in [3.05, 3.63) is 29.3 Å². The van der Waals surface area contributed by atoms with Crippen LogP contribution in [0.5, 0.6) is 0 Å². The van der Waals surface area contributed by atoms with Gasteiger partial charge < -0.3 is 15.4 Å². The molecule has 0 fully saturated rings. The standard InChI is InChI=1S/C16H27N3O3S.HI/c1-5-22-10-6-9-18-16(17-3)19-12-14-7-8-15(13(2)11-14)23(4,20)21;/h7-8,11H,5-6,9-10,12H2,1-4H3,(H2,17,18,19);1H. The lowest BCUT2D eigenvalue weighted by Crippen LogP contribution is -2.37. The van der Waals surface area contributed by atoms with Gasteiger partial charge in [0.1, 0.15) is 0 Å². The molecule has 2 N–H and O–H groups in total. The molecule has 0 aliphatic heterocycles. The molecule has 1 aromatic rings. The quantitative estimate of drug-likeness (QED) is 0.264. The first-order chi connectivity index (χ1) is 10.9. The van der Waals surface area contributed by atoms with Crippen molar-refractivity contribution in [3.8, 4) is 0 Å². The lowest BCUT2D eigenvalue weighted by Gasteiger charge is -2.13. The van der Waals surface area contributed by atoms with Gasteiger partial charge in [0.25, 0.3) is 0 Å². The molecule has 0 spiro atoms. The third kappa shape index (κ3) is 8.29. The molecule has 0 saturated heterocycles.